The van der Waals surface area contributed by atoms with E-state index in [2.05, 4.69) is 15.1 Å². The molecule has 3 fully saturated rings. The molecule has 1 aliphatic carbocycles. The molecular formula is C16H29N3O. The van der Waals surface area contributed by atoms with Crippen molar-refractivity contribution in [1.29, 1.82) is 0 Å². The lowest BCUT2D eigenvalue weighted by atomic mass is 10.0. The number of amides is 1. The molecule has 4 heteroatoms. The van der Waals surface area contributed by atoms with E-state index in [0.717, 1.165) is 58.0 Å². The highest BCUT2D eigenvalue weighted by molar-refractivity contribution is 5.76. The van der Waals surface area contributed by atoms with E-state index < -0.39 is 0 Å². The topological polar surface area (TPSA) is 35.6 Å². The number of hydrogen-bond donors (Lipinski definition) is 1. The molecule has 20 heavy (non-hydrogen) atoms. The summed E-state index contributed by atoms with van der Waals surface area (Å²) in [5, 5.41) is 3.43. The molecular weight excluding hydrogens is 250 g/mol. The molecule has 1 amide bonds. The Hall–Kier alpha value is -0.610. The van der Waals surface area contributed by atoms with Crippen molar-refractivity contribution in [2.24, 2.45) is 5.92 Å². The predicted molar refractivity (Wildman–Crippen MR) is 80.6 cm³/mol. The Morgan fingerprint density at radius 2 is 1.80 bits per heavy atom. The van der Waals surface area contributed by atoms with Crippen LogP contribution in [0.4, 0.5) is 0 Å². The van der Waals surface area contributed by atoms with E-state index in [-0.39, 0.29) is 0 Å². The summed E-state index contributed by atoms with van der Waals surface area (Å²) in [7, 11) is 0. The Labute approximate surface area is 122 Å². The second-order valence-corrected chi connectivity index (χ2v) is 6.75. The molecule has 2 aliphatic heterocycles. The Morgan fingerprint density at radius 1 is 1.05 bits per heavy atom. The first-order chi connectivity index (χ1) is 9.83. The van der Waals surface area contributed by atoms with Crippen LogP contribution in [0.25, 0.3) is 0 Å². The first kappa shape index (κ1) is 14.3. The van der Waals surface area contributed by atoms with E-state index in [1.807, 2.05) is 0 Å². The molecule has 1 N–H and O–H groups in total. The number of nitrogens with zero attached hydrogens (tertiary/aromatic N) is 2. The van der Waals surface area contributed by atoms with Crippen molar-refractivity contribution in [3.05, 3.63) is 0 Å². The van der Waals surface area contributed by atoms with Crippen LogP contribution in [0.3, 0.4) is 0 Å². The van der Waals surface area contributed by atoms with Crippen LogP contribution in [0.2, 0.25) is 0 Å². The van der Waals surface area contributed by atoms with Crippen LogP contribution in [0, 0.1) is 5.92 Å². The normalized spacial score (nSPS) is 29.2. The molecule has 1 saturated carbocycles. The van der Waals surface area contributed by atoms with Crippen molar-refractivity contribution in [2.75, 3.05) is 39.3 Å². The van der Waals surface area contributed by atoms with Gasteiger partial charge in [-0.15, -0.1) is 0 Å². The van der Waals surface area contributed by atoms with Crippen LogP contribution < -0.4 is 5.32 Å². The number of rotatable bonds is 4. The zero-order chi connectivity index (χ0) is 13.8. The minimum Gasteiger partial charge on any atom is -0.340 e. The van der Waals surface area contributed by atoms with Gasteiger partial charge in [-0.3, -0.25) is 9.69 Å². The molecule has 0 aromatic rings. The summed E-state index contributed by atoms with van der Waals surface area (Å²) in [4.78, 5) is 17.0. The van der Waals surface area contributed by atoms with Gasteiger partial charge in [0.25, 0.3) is 0 Å². The third-order valence-corrected chi connectivity index (χ3v) is 5.46. The number of carbonyl (C=O) groups is 1. The number of piperazine rings is 1. The largest absolute Gasteiger partial charge is 0.340 e. The fourth-order valence-corrected chi connectivity index (χ4v) is 4.07. The maximum atomic E-state index is 12.3. The van der Waals surface area contributed by atoms with Gasteiger partial charge in [0.05, 0.1) is 0 Å². The fourth-order valence-electron chi connectivity index (χ4n) is 4.07. The van der Waals surface area contributed by atoms with Gasteiger partial charge >= 0.3 is 0 Å². The van der Waals surface area contributed by atoms with E-state index in [0.29, 0.717) is 11.9 Å². The zero-order valence-corrected chi connectivity index (χ0v) is 12.6. The summed E-state index contributed by atoms with van der Waals surface area (Å²) in [6.45, 7) is 6.32. The van der Waals surface area contributed by atoms with Crippen molar-refractivity contribution in [1.82, 2.24) is 15.1 Å². The maximum absolute atomic E-state index is 12.3. The van der Waals surface area contributed by atoms with Gasteiger partial charge in [-0.25, -0.2) is 0 Å². The standard InChI is InChI=1S/C16H29N3O/c20-16(6-5-14-3-1-2-4-14)19-11-9-18(10-12-19)15-7-8-17-13-15/h14-15,17H,1-13H2. The third-order valence-electron chi connectivity index (χ3n) is 5.46. The second kappa shape index (κ2) is 6.90. The van der Waals surface area contributed by atoms with Gasteiger partial charge in [0.1, 0.15) is 0 Å². The molecule has 1 atom stereocenters. The van der Waals surface area contributed by atoms with Gasteiger partial charge in [0.2, 0.25) is 5.91 Å². The average molecular weight is 279 g/mol. The predicted octanol–water partition coefficient (Wildman–Crippen LogP) is 1.46. The quantitative estimate of drug-likeness (QED) is 0.846. The molecule has 4 nitrogen and oxygen atoms in total. The molecule has 1 unspecified atom stereocenters. The third kappa shape index (κ3) is 3.53. The Balaban J connectivity index is 1.37. The van der Waals surface area contributed by atoms with Crippen LogP contribution in [0.5, 0.6) is 0 Å². The molecule has 2 heterocycles. The lowest BCUT2D eigenvalue weighted by Crippen LogP contribution is -2.52. The Morgan fingerprint density at radius 3 is 2.45 bits per heavy atom. The molecule has 0 radical (unpaired) electrons. The molecule has 0 spiro atoms. The van der Waals surface area contributed by atoms with Crippen LogP contribution in [-0.4, -0.2) is 61.0 Å². The minimum absolute atomic E-state index is 0.404. The summed E-state index contributed by atoms with van der Waals surface area (Å²) >= 11 is 0. The molecule has 0 bridgehead atoms. The van der Waals surface area contributed by atoms with Crippen LogP contribution >= 0.6 is 0 Å². The lowest BCUT2D eigenvalue weighted by molar-refractivity contribution is -0.133. The first-order valence-electron chi connectivity index (χ1n) is 8.55. The summed E-state index contributed by atoms with van der Waals surface area (Å²) < 4.78 is 0. The maximum Gasteiger partial charge on any atom is 0.222 e. The molecule has 2 saturated heterocycles. The van der Waals surface area contributed by atoms with Crippen molar-refractivity contribution < 1.29 is 4.79 Å². The van der Waals surface area contributed by atoms with Gasteiger partial charge < -0.3 is 10.2 Å². The van der Waals surface area contributed by atoms with E-state index in [1.165, 1.54) is 32.1 Å². The highest BCUT2D eigenvalue weighted by atomic mass is 16.2. The van der Waals surface area contributed by atoms with E-state index in [1.54, 1.807) is 0 Å². The summed E-state index contributed by atoms with van der Waals surface area (Å²) in [6.07, 6.45) is 8.67. The van der Waals surface area contributed by atoms with Crippen molar-refractivity contribution in [3.63, 3.8) is 0 Å². The molecule has 3 rings (SSSR count). The van der Waals surface area contributed by atoms with Gasteiger partial charge in [0.15, 0.2) is 0 Å². The summed E-state index contributed by atoms with van der Waals surface area (Å²) in [5.74, 6) is 1.24. The fraction of sp³-hybridized carbons (Fsp3) is 0.938. The highest BCUT2D eigenvalue weighted by Gasteiger charge is 2.28. The van der Waals surface area contributed by atoms with Gasteiger partial charge in [-0.05, 0) is 25.3 Å². The van der Waals surface area contributed by atoms with Crippen LogP contribution in [0.15, 0.2) is 0 Å². The number of nitrogens with one attached hydrogen (secondary N) is 1. The first-order valence-corrected chi connectivity index (χ1v) is 8.55. The highest BCUT2D eigenvalue weighted by Crippen LogP contribution is 2.28. The Bertz CT molecular complexity index is 314. The van der Waals surface area contributed by atoms with Crippen molar-refractivity contribution in [2.45, 2.75) is 51.0 Å². The van der Waals surface area contributed by atoms with Crippen LogP contribution in [-0.2, 0) is 4.79 Å². The van der Waals surface area contributed by atoms with Gasteiger partial charge in [-0.1, -0.05) is 25.7 Å². The molecule has 114 valence electrons. The van der Waals surface area contributed by atoms with Gasteiger partial charge in [-0.2, -0.15) is 0 Å². The van der Waals surface area contributed by atoms with E-state index in [9.17, 15) is 4.79 Å². The van der Waals surface area contributed by atoms with Crippen molar-refractivity contribution in [3.8, 4) is 0 Å². The summed E-state index contributed by atoms with van der Waals surface area (Å²) in [6, 6.07) is 0.714. The Kier molecular flexibility index (Phi) is 4.94. The second-order valence-electron chi connectivity index (χ2n) is 6.75. The lowest BCUT2D eigenvalue weighted by Gasteiger charge is -2.38. The molecule has 0 aromatic carbocycles. The van der Waals surface area contributed by atoms with Crippen LogP contribution in [0.1, 0.15) is 44.9 Å². The SMILES string of the molecule is O=C(CCC1CCCC1)N1CCN(C2CCNC2)CC1. The number of carbonyl (C=O) groups excluding carboxylic acids is 1. The van der Waals surface area contributed by atoms with Gasteiger partial charge in [0, 0.05) is 45.2 Å². The minimum atomic E-state index is 0.404. The molecule has 0 aromatic heterocycles. The van der Waals surface area contributed by atoms with Crippen molar-refractivity contribution >= 4 is 5.91 Å². The molecule has 3 aliphatic rings. The summed E-state index contributed by atoms with van der Waals surface area (Å²) in [5.41, 5.74) is 0. The smallest absolute Gasteiger partial charge is 0.222 e. The monoisotopic (exact) mass is 279 g/mol. The zero-order valence-electron chi connectivity index (χ0n) is 12.6. The van der Waals surface area contributed by atoms with E-state index in [4.69, 9.17) is 0 Å². The van der Waals surface area contributed by atoms with E-state index >= 15 is 0 Å². The number of hydrogen-bond acceptors (Lipinski definition) is 3. The average Bonchev–Trinajstić information content (AvgIpc) is 3.18.